The lowest BCUT2D eigenvalue weighted by molar-refractivity contribution is -0.117. The summed E-state index contributed by atoms with van der Waals surface area (Å²) in [4.78, 5) is 22.9. The number of nitrogens with one attached hydrogen (secondary N) is 2. The van der Waals surface area contributed by atoms with Gasteiger partial charge in [0.1, 0.15) is 5.69 Å². The topological polar surface area (TPSA) is 96.0 Å². The molecule has 156 valence electrons. The molecule has 0 atom stereocenters. The average molecular weight is 435 g/mol. The van der Waals surface area contributed by atoms with Crippen LogP contribution in [0, 0.1) is 0 Å². The Morgan fingerprint density at radius 3 is 2.77 bits per heavy atom. The number of ether oxygens (including phenoxy) is 1. The van der Waals surface area contributed by atoms with Gasteiger partial charge in [0.2, 0.25) is 5.91 Å². The lowest BCUT2D eigenvalue weighted by Gasteiger charge is -2.19. The predicted octanol–water partition coefficient (Wildman–Crippen LogP) is 3.64. The van der Waals surface area contributed by atoms with Crippen molar-refractivity contribution in [3.63, 3.8) is 0 Å². The number of fused-ring (bicyclic) bond motifs is 2. The summed E-state index contributed by atoms with van der Waals surface area (Å²) in [5, 5.41) is 12.1. The van der Waals surface area contributed by atoms with Crippen LogP contribution in [0.2, 0.25) is 5.02 Å². The molecule has 8 nitrogen and oxygen atoms in total. The van der Waals surface area contributed by atoms with Crippen LogP contribution in [0.25, 0.3) is 22.2 Å². The highest BCUT2D eigenvalue weighted by Crippen LogP contribution is 2.32. The molecule has 0 spiro atoms. The van der Waals surface area contributed by atoms with Gasteiger partial charge in [-0.05, 0) is 35.4 Å². The smallest absolute Gasteiger partial charge is 0.316 e. The van der Waals surface area contributed by atoms with Crippen LogP contribution in [-0.2, 0) is 17.9 Å². The summed E-state index contributed by atoms with van der Waals surface area (Å²) in [6.07, 6.45) is 3.36. The van der Waals surface area contributed by atoms with Crippen molar-refractivity contribution in [2.75, 3.05) is 19.0 Å². The molecule has 1 amide bonds. The van der Waals surface area contributed by atoms with E-state index in [1.54, 1.807) is 12.4 Å². The molecule has 9 heteroatoms. The average Bonchev–Trinajstić information content (AvgIpc) is 3.09. The Labute approximate surface area is 183 Å². The van der Waals surface area contributed by atoms with E-state index in [1.165, 1.54) is 7.11 Å². The maximum atomic E-state index is 12.5. The molecule has 4 aromatic rings. The molecule has 1 aliphatic rings. The quantitative estimate of drug-likeness (QED) is 0.509. The third-order valence-corrected chi connectivity index (χ3v) is 5.44. The second-order valence-corrected chi connectivity index (χ2v) is 7.85. The van der Waals surface area contributed by atoms with E-state index in [9.17, 15) is 4.79 Å². The normalized spacial score (nSPS) is 14.2. The fourth-order valence-corrected chi connectivity index (χ4v) is 4.03. The van der Waals surface area contributed by atoms with Crippen molar-refractivity contribution in [2.45, 2.75) is 13.1 Å². The van der Waals surface area contributed by atoms with Crippen LogP contribution in [0.5, 0.6) is 6.01 Å². The molecule has 0 fully saturated rings. The summed E-state index contributed by atoms with van der Waals surface area (Å²) in [6.45, 7) is 1.53. The zero-order valence-corrected chi connectivity index (χ0v) is 17.5. The first-order valence-electron chi connectivity index (χ1n) is 9.73. The molecule has 0 aliphatic carbocycles. The van der Waals surface area contributed by atoms with E-state index < -0.39 is 0 Å². The molecule has 5 rings (SSSR count). The number of carbonyl (C=O) groups excluding carboxylic acids is 1. The van der Waals surface area contributed by atoms with E-state index in [-0.39, 0.29) is 5.91 Å². The largest absolute Gasteiger partial charge is 0.467 e. The third-order valence-electron chi connectivity index (χ3n) is 5.20. The van der Waals surface area contributed by atoms with Crippen molar-refractivity contribution in [3.05, 3.63) is 64.9 Å². The molecule has 0 bridgehead atoms. The highest BCUT2D eigenvalue weighted by molar-refractivity contribution is 6.30. The highest BCUT2D eigenvalue weighted by atomic mass is 35.5. The van der Waals surface area contributed by atoms with Gasteiger partial charge in [-0.1, -0.05) is 23.7 Å². The Hall–Kier alpha value is -3.49. The van der Waals surface area contributed by atoms with Gasteiger partial charge >= 0.3 is 6.01 Å². The van der Waals surface area contributed by atoms with Gasteiger partial charge in [0.05, 0.1) is 19.2 Å². The number of benzene rings is 2. The van der Waals surface area contributed by atoms with Crippen LogP contribution >= 0.6 is 11.6 Å². The summed E-state index contributed by atoms with van der Waals surface area (Å²) in [5.41, 5.74) is 5.21. The van der Waals surface area contributed by atoms with Crippen LogP contribution in [0.15, 0.2) is 48.8 Å². The molecular weight excluding hydrogens is 416 g/mol. The summed E-state index contributed by atoms with van der Waals surface area (Å²) >= 11 is 6.13. The lowest BCUT2D eigenvalue weighted by Crippen LogP contribution is -2.29. The molecule has 31 heavy (non-hydrogen) atoms. The minimum Gasteiger partial charge on any atom is -0.467 e. The van der Waals surface area contributed by atoms with Gasteiger partial charge in [-0.25, -0.2) is 9.97 Å². The number of aromatic nitrogens is 4. The van der Waals surface area contributed by atoms with E-state index in [0.717, 1.165) is 39.0 Å². The lowest BCUT2D eigenvalue weighted by atomic mass is 10.1. The van der Waals surface area contributed by atoms with Crippen LogP contribution in [-0.4, -0.2) is 44.6 Å². The first-order chi connectivity index (χ1) is 15.1. The number of halogens is 1. The molecule has 3 heterocycles. The molecule has 2 aromatic heterocycles. The van der Waals surface area contributed by atoms with Crippen LogP contribution in [0.3, 0.4) is 0 Å². The number of nitrogens with zero attached hydrogens (tertiary/aromatic N) is 4. The number of carbonyl (C=O) groups is 1. The Bertz CT molecular complexity index is 1270. The summed E-state index contributed by atoms with van der Waals surface area (Å²) < 4.78 is 5.04. The molecule has 0 unspecified atom stereocenters. The first-order valence-corrected chi connectivity index (χ1v) is 10.1. The molecule has 0 saturated carbocycles. The zero-order chi connectivity index (χ0) is 21.4. The number of hydrogen-bond donors (Lipinski definition) is 2. The van der Waals surface area contributed by atoms with Crippen molar-refractivity contribution < 1.29 is 9.53 Å². The second-order valence-electron chi connectivity index (χ2n) is 7.41. The summed E-state index contributed by atoms with van der Waals surface area (Å²) in [5.74, 6) is -0.0524. The minimum atomic E-state index is -0.0524. The van der Waals surface area contributed by atoms with E-state index in [0.29, 0.717) is 30.7 Å². The number of aromatic amines is 1. The van der Waals surface area contributed by atoms with Gasteiger partial charge in [0.15, 0.2) is 0 Å². The Morgan fingerprint density at radius 1 is 1.16 bits per heavy atom. The van der Waals surface area contributed by atoms with E-state index in [2.05, 4.69) is 36.4 Å². The van der Waals surface area contributed by atoms with Crippen molar-refractivity contribution in [1.82, 2.24) is 25.1 Å². The Morgan fingerprint density at radius 2 is 2.00 bits per heavy atom. The van der Waals surface area contributed by atoms with Crippen molar-refractivity contribution in [2.24, 2.45) is 0 Å². The fraction of sp³-hybridized carbons (Fsp3) is 0.182. The first kappa shape index (κ1) is 19.5. The molecule has 2 N–H and O–H groups in total. The molecule has 0 saturated heterocycles. The van der Waals surface area contributed by atoms with E-state index in [4.69, 9.17) is 16.3 Å². The Kier molecular flexibility index (Phi) is 5.01. The van der Waals surface area contributed by atoms with Crippen molar-refractivity contribution in [3.8, 4) is 17.3 Å². The third kappa shape index (κ3) is 3.95. The Balaban J connectivity index is 1.50. The standard InChI is InChI=1S/C22H19ClN6O2/c1-31-22-24-8-15(9-25-22)21-17-6-14-11-29(10-13-3-2-4-16(23)5-13)12-20(30)26-18(14)7-19(17)27-28-21/h2-9H,10-12H2,1H3,(H,26,30)(H,27,28). The molecule has 0 radical (unpaired) electrons. The molecule has 2 aromatic carbocycles. The maximum Gasteiger partial charge on any atom is 0.316 e. The van der Waals surface area contributed by atoms with Crippen LogP contribution < -0.4 is 10.1 Å². The van der Waals surface area contributed by atoms with Crippen LogP contribution in [0.1, 0.15) is 11.1 Å². The van der Waals surface area contributed by atoms with Gasteiger partial charge in [0, 0.05) is 47.1 Å². The minimum absolute atomic E-state index is 0.0524. The van der Waals surface area contributed by atoms with E-state index in [1.807, 2.05) is 30.3 Å². The highest BCUT2D eigenvalue weighted by Gasteiger charge is 2.22. The fourth-order valence-electron chi connectivity index (χ4n) is 3.82. The predicted molar refractivity (Wildman–Crippen MR) is 118 cm³/mol. The molecular formula is C22H19ClN6O2. The molecule has 1 aliphatic heterocycles. The number of hydrogen-bond acceptors (Lipinski definition) is 6. The van der Waals surface area contributed by atoms with Gasteiger partial charge < -0.3 is 10.1 Å². The second kappa shape index (κ2) is 7.98. The SMILES string of the molecule is COc1ncc(-c2n[nH]c3cc4c(cc23)CN(Cc2cccc(Cl)c2)CC(=O)N4)cn1. The zero-order valence-electron chi connectivity index (χ0n) is 16.7. The van der Waals surface area contributed by atoms with Crippen molar-refractivity contribution in [1.29, 1.82) is 0 Å². The summed E-state index contributed by atoms with van der Waals surface area (Å²) in [7, 11) is 1.53. The van der Waals surface area contributed by atoms with Gasteiger partial charge in [-0.15, -0.1) is 0 Å². The number of anilines is 1. The van der Waals surface area contributed by atoms with Gasteiger partial charge in [0.25, 0.3) is 0 Å². The number of amides is 1. The number of H-pyrrole nitrogens is 1. The van der Waals surface area contributed by atoms with Gasteiger partial charge in [-0.3, -0.25) is 14.8 Å². The maximum absolute atomic E-state index is 12.5. The number of methoxy groups -OCH3 is 1. The summed E-state index contributed by atoms with van der Waals surface area (Å²) in [6, 6.07) is 12.0. The van der Waals surface area contributed by atoms with E-state index >= 15 is 0 Å². The monoisotopic (exact) mass is 434 g/mol. The van der Waals surface area contributed by atoms with Crippen LogP contribution in [0.4, 0.5) is 5.69 Å². The van der Waals surface area contributed by atoms with Crippen molar-refractivity contribution >= 4 is 34.1 Å². The number of rotatable bonds is 4. The van der Waals surface area contributed by atoms with Gasteiger partial charge in [-0.2, -0.15) is 5.10 Å².